The number of hydrogen-bond acceptors (Lipinski definition) is 4. The van der Waals surface area contributed by atoms with Crippen LogP contribution < -0.4 is 10.5 Å². The van der Waals surface area contributed by atoms with Crippen molar-refractivity contribution < 1.29 is 14.3 Å². The molecule has 2 aromatic rings. The van der Waals surface area contributed by atoms with Crippen LogP contribution in [0.3, 0.4) is 0 Å². The average Bonchev–Trinajstić information content (AvgIpc) is 2.80. The van der Waals surface area contributed by atoms with Crippen LogP contribution in [0.25, 0.3) is 10.9 Å². The van der Waals surface area contributed by atoms with Crippen molar-refractivity contribution in [3.8, 4) is 5.75 Å². The van der Waals surface area contributed by atoms with E-state index in [1.807, 2.05) is 18.2 Å². The molecule has 0 saturated heterocycles. The van der Waals surface area contributed by atoms with Crippen LogP contribution in [0.15, 0.2) is 24.4 Å². The summed E-state index contributed by atoms with van der Waals surface area (Å²) in [7, 11) is 1.61. The van der Waals surface area contributed by atoms with Crippen molar-refractivity contribution in [2.24, 2.45) is 5.73 Å². The van der Waals surface area contributed by atoms with Crippen molar-refractivity contribution in [3.05, 3.63) is 30.0 Å². The SMILES string of the molecule is CCOC(=O)C(N)c1c[nH]c2cc(OC)ccc12. The number of benzene rings is 1. The van der Waals surface area contributed by atoms with Gasteiger partial charge in [-0.15, -0.1) is 0 Å². The van der Waals surface area contributed by atoms with E-state index in [1.54, 1.807) is 20.2 Å². The van der Waals surface area contributed by atoms with Crippen molar-refractivity contribution in [1.82, 2.24) is 4.98 Å². The molecule has 1 heterocycles. The smallest absolute Gasteiger partial charge is 0.327 e. The molecule has 0 fully saturated rings. The summed E-state index contributed by atoms with van der Waals surface area (Å²) < 4.78 is 10.1. The van der Waals surface area contributed by atoms with Crippen LogP contribution in [0.1, 0.15) is 18.5 Å². The molecule has 0 amide bonds. The number of carbonyl (C=O) groups excluding carboxylic acids is 1. The van der Waals surface area contributed by atoms with Gasteiger partial charge in [-0.05, 0) is 19.1 Å². The first-order valence-corrected chi connectivity index (χ1v) is 5.74. The standard InChI is InChI=1S/C13H16N2O3/c1-3-18-13(16)12(14)10-7-15-11-6-8(17-2)4-5-9(10)11/h4-7,12,15H,3,14H2,1-2H3. The number of aromatic nitrogens is 1. The molecule has 0 aliphatic carbocycles. The van der Waals surface area contributed by atoms with Crippen molar-refractivity contribution in [2.45, 2.75) is 13.0 Å². The Hall–Kier alpha value is -2.01. The molecule has 0 saturated carbocycles. The lowest BCUT2D eigenvalue weighted by molar-refractivity contribution is -0.144. The molecule has 0 aliphatic rings. The first-order chi connectivity index (χ1) is 8.67. The highest BCUT2D eigenvalue weighted by molar-refractivity contribution is 5.90. The second-order valence-electron chi connectivity index (χ2n) is 3.89. The highest BCUT2D eigenvalue weighted by Gasteiger charge is 2.20. The maximum Gasteiger partial charge on any atom is 0.327 e. The molecular formula is C13H16N2O3. The number of ether oxygens (including phenoxy) is 2. The van der Waals surface area contributed by atoms with Crippen LogP contribution in [-0.4, -0.2) is 24.7 Å². The maximum absolute atomic E-state index is 11.6. The molecular weight excluding hydrogens is 232 g/mol. The second kappa shape index (κ2) is 5.10. The lowest BCUT2D eigenvalue weighted by Gasteiger charge is -2.09. The molecule has 0 spiro atoms. The van der Waals surface area contributed by atoms with Gasteiger partial charge < -0.3 is 20.2 Å². The Kier molecular flexibility index (Phi) is 3.53. The van der Waals surface area contributed by atoms with Gasteiger partial charge in [0, 0.05) is 28.7 Å². The van der Waals surface area contributed by atoms with Crippen LogP contribution in [0, 0.1) is 0 Å². The minimum absolute atomic E-state index is 0.322. The molecule has 1 atom stereocenters. The van der Waals surface area contributed by atoms with E-state index >= 15 is 0 Å². The summed E-state index contributed by atoms with van der Waals surface area (Å²) in [6.45, 7) is 2.08. The Morgan fingerprint density at radius 3 is 2.94 bits per heavy atom. The minimum Gasteiger partial charge on any atom is -0.497 e. The van der Waals surface area contributed by atoms with E-state index in [0.717, 1.165) is 22.2 Å². The van der Waals surface area contributed by atoms with E-state index in [1.165, 1.54) is 0 Å². The highest BCUT2D eigenvalue weighted by Crippen LogP contribution is 2.26. The number of hydrogen-bond donors (Lipinski definition) is 2. The van der Waals surface area contributed by atoms with E-state index in [4.69, 9.17) is 15.2 Å². The van der Waals surface area contributed by atoms with Crippen molar-refractivity contribution in [2.75, 3.05) is 13.7 Å². The molecule has 96 valence electrons. The van der Waals surface area contributed by atoms with Gasteiger partial charge in [-0.1, -0.05) is 0 Å². The zero-order valence-electron chi connectivity index (χ0n) is 10.4. The van der Waals surface area contributed by atoms with Crippen LogP contribution in [0.2, 0.25) is 0 Å². The van der Waals surface area contributed by atoms with Gasteiger partial charge in [0.25, 0.3) is 0 Å². The Labute approximate surface area is 105 Å². The predicted octanol–water partition coefficient (Wildman–Crippen LogP) is 1.74. The number of rotatable bonds is 4. The fourth-order valence-electron chi connectivity index (χ4n) is 1.87. The predicted molar refractivity (Wildman–Crippen MR) is 68.4 cm³/mol. The van der Waals surface area contributed by atoms with Crippen molar-refractivity contribution >= 4 is 16.9 Å². The van der Waals surface area contributed by atoms with E-state index < -0.39 is 12.0 Å². The van der Waals surface area contributed by atoms with Gasteiger partial charge in [-0.2, -0.15) is 0 Å². The number of carbonyl (C=O) groups is 1. The monoisotopic (exact) mass is 248 g/mol. The number of H-pyrrole nitrogens is 1. The molecule has 1 unspecified atom stereocenters. The molecule has 3 N–H and O–H groups in total. The molecule has 2 rings (SSSR count). The van der Waals surface area contributed by atoms with Gasteiger partial charge in [-0.25, -0.2) is 4.79 Å². The Morgan fingerprint density at radius 2 is 2.28 bits per heavy atom. The number of nitrogens with one attached hydrogen (secondary N) is 1. The van der Waals surface area contributed by atoms with Crippen LogP contribution >= 0.6 is 0 Å². The first-order valence-electron chi connectivity index (χ1n) is 5.74. The molecule has 1 aromatic heterocycles. The molecule has 5 heteroatoms. The second-order valence-corrected chi connectivity index (χ2v) is 3.89. The van der Waals surface area contributed by atoms with Gasteiger partial charge in [0.15, 0.2) is 0 Å². The van der Waals surface area contributed by atoms with Crippen LogP contribution in [0.5, 0.6) is 5.75 Å². The van der Waals surface area contributed by atoms with Gasteiger partial charge in [0.2, 0.25) is 0 Å². The molecule has 0 bridgehead atoms. The fourth-order valence-corrected chi connectivity index (χ4v) is 1.87. The summed E-state index contributed by atoms with van der Waals surface area (Å²) in [6.07, 6.45) is 1.73. The van der Waals surface area contributed by atoms with Gasteiger partial charge in [0.05, 0.1) is 13.7 Å². The molecule has 0 aliphatic heterocycles. The summed E-state index contributed by atoms with van der Waals surface area (Å²) in [4.78, 5) is 14.7. The Balaban J connectivity index is 2.37. The van der Waals surface area contributed by atoms with Crippen LogP contribution in [0.4, 0.5) is 0 Å². The largest absolute Gasteiger partial charge is 0.497 e. The third-order valence-corrected chi connectivity index (χ3v) is 2.80. The fraction of sp³-hybridized carbons (Fsp3) is 0.308. The number of esters is 1. The van der Waals surface area contributed by atoms with Crippen LogP contribution in [-0.2, 0) is 9.53 Å². The topological polar surface area (TPSA) is 77.3 Å². The average molecular weight is 248 g/mol. The number of aromatic amines is 1. The summed E-state index contributed by atoms with van der Waals surface area (Å²) >= 11 is 0. The Bertz CT molecular complexity index is 562. The number of fused-ring (bicyclic) bond motifs is 1. The zero-order valence-corrected chi connectivity index (χ0v) is 10.4. The molecule has 5 nitrogen and oxygen atoms in total. The molecule has 1 aromatic carbocycles. The molecule has 0 radical (unpaired) electrons. The van der Waals surface area contributed by atoms with Gasteiger partial charge >= 0.3 is 5.97 Å². The van der Waals surface area contributed by atoms with E-state index in [9.17, 15) is 4.79 Å². The highest BCUT2D eigenvalue weighted by atomic mass is 16.5. The summed E-state index contributed by atoms with van der Waals surface area (Å²) in [5.74, 6) is 0.329. The van der Waals surface area contributed by atoms with Gasteiger partial charge in [0.1, 0.15) is 11.8 Å². The first kappa shape index (κ1) is 12.4. The third kappa shape index (κ3) is 2.17. The Morgan fingerprint density at radius 1 is 1.50 bits per heavy atom. The lowest BCUT2D eigenvalue weighted by Crippen LogP contribution is -2.23. The number of nitrogens with two attached hydrogens (primary N) is 1. The van der Waals surface area contributed by atoms with Crippen molar-refractivity contribution in [1.29, 1.82) is 0 Å². The van der Waals surface area contributed by atoms with Crippen molar-refractivity contribution in [3.63, 3.8) is 0 Å². The quantitative estimate of drug-likeness (QED) is 0.808. The normalized spacial score (nSPS) is 12.4. The number of methoxy groups -OCH3 is 1. The van der Waals surface area contributed by atoms with E-state index in [0.29, 0.717) is 6.61 Å². The summed E-state index contributed by atoms with van der Waals surface area (Å²) in [5.41, 5.74) is 7.49. The summed E-state index contributed by atoms with van der Waals surface area (Å²) in [5, 5.41) is 0.899. The van der Waals surface area contributed by atoms with Gasteiger partial charge in [-0.3, -0.25) is 0 Å². The lowest BCUT2D eigenvalue weighted by atomic mass is 10.1. The summed E-state index contributed by atoms with van der Waals surface area (Å²) in [6, 6.07) is 4.79. The third-order valence-electron chi connectivity index (χ3n) is 2.80. The zero-order chi connectivity index (χ0) is 13.1. The van der Waals surface area contributed by atoms with E-state index in [2.05, 4.69) is 4.98 Å². The molecule has 18 heavy (non-hydrogen) atoms. The van der Waals surface area contributed by atoms with E-state index in [-0.39, 0.29) is 0 Å². The maximum atomic E-state index is 11.6. The minimum atomic E-state index is -0.771.